The molecule has 1 nitrogen and oxygen atoms in total. The topological polar surface area (TPSA) is 20.2 Å². The zero-order valence-corrected chi connectivity index (χ0v) is 7.69. The summed E-state index contributed by atoms with van der Waals surface area (Å²) in [5, 5.41) is 12.7. The fourth-order valence-electron chi connectivity index (χ4n) is 1.39. The first-order valence-corrected chi connectivity index (χ1v) is 4.89. The van der Waals surface area contributed by atoms with Crippen LogP contribution in [0.1, 0.15) is 12.5 Å². The Bertz CT molecular complexity index is 403. The van der Waals surface area contributed by atoms with Gasteiger partial charge in [0.1, 0.15) is 5.75 Å². The Morgan fingerprint density at radius 2 is 2.25 bits per heavy atom. The van der Waals surface area contributed by atoms with Crippen LogP contribution < -0.4 is 0 Å². The quantitative estimate of drug-likeness (QED) is 0.711. The van der Waals surface area contributed by atoms with Crippen LogP contribution in [0.4, 0.5) is 0 Å². The first kappa shape index (κ1) is 7.62. The Hall–Kier alpha value is -1.02. The van der Waals surface area contributed by atoms with Gasteiger partial charge in [-0.1, -0.05) is 13.0 Å². The van der Waals surface area contributed by atoms with Crippen molar-refractivity contribution in [3.05, 3.63) is 29.1 Å². The summed E-state index contributed by atoms with van der Waals surface area (Å²) in [6.07, 6.45) is 0.984. The molecule has 2 heteroatoms. The number of hydrogen-bond donors (Lipinski definition) is 1. The van der Waals surface area contributed by atoms with Crippen LogP contribution in [0.25, 0.3) is 10.1 Å². The van der Waals surface area contributed by atoms with Gasteiger partial charge in [-0.3, -0.25) is 0 Å². The summed E-state index contributed by atoms with van der Waals surface area (Å²) < 4.78 is 1.17. The van der Waals surface area contributed by atoms with Crippen molar-refractivity contribution in [1.29, 1.82) is 0 Å². The lowest BCUT2D eigenvalue weighted by atomic mass is 10.1. The van der Waals surface area contributed by atoms with Crippen molar-refractivity contribution >= 4 is 21.4 Å². The highest BCUT2D eigenvalue weighted by Gasteiger charge is 2.05. The molecular weight excluding hydrogens is 168 g/mol. The summed E-state index contributed by atoms with van der Waals surface area (Å²) in [5.74, 6) is 0.408. The number of rotatable bonds is 1. The van der Waals surface area contributed by atoms with Crippen molar-refractivity contribution in [1.82, 2.24) is 0 Å². The molecule has 1 N–H and O–H groups in total. The summed E-state index contributed by atoms with van der Waals surface area (Å²) in [5.41, 5.74) is 1.24. The van der Waals surface area contributed by atoms with E-state index in [0.29, 0.717) is 5.75 Å². The molecule has 2 rings (SSSR count). The van der Waals surface area contributed by atoms with Crippen molar-refractivity contribution in [3.8, 4) is 5.75 Å². The number of aromatic hydroxyl groups is 1. The molecule has 0 fully saturated rings. The smallest absolute Gasteiger partial charge is 0.124 e. The summed E-state index contributed by atoms with van der Waals surface area (Å²) in [7, 11) is 0. The van der Waals surface area contributed by atoms with Gasteiger partial charge in [0.15, 0.2) is 0 Å². The van der Waals surface area contributed by atoms with Crippen molar-refractivity contribution in [2.45, 2.75) is 13.3 Å². The maximum absolute atomic E-state index is 9.58. The lowest BCUT2D eigenvalue weighted by molar-refractivity contribution is 0.481. The summed E-state index contributed by atoms with van der Waals surface area (Å²) in [4.78, 5) is 0. The molecule has 1 aromatic heterocycles. The Labute approximate surface area is 75.3 Å². The Morgan fingerprint density at radius 3 is 3.00 bits per heavy atom. The maximum Gasteiger partial charge on any atom is 0.124 e. The van der Waals surface area contributed by atoms with Gasteiger partial charge >= 0.3 is 0 Å². The van der Waals surface area contributed by atoms with Crippen LogP contribution in [0.5, 0.6) is 5.75 Å². The Kier molecular flexibility index (Phi) is 1.77. The van der Waals surface area contributed by atoms with Crippen LogP contribution in [-0.2, 0) is 6.42 Å². The predicted octanol–water partition coefficient (Wildman–Crippen LogP) is 3.17. The number of phenolic OH excluding ortho intramolecular Hbond substituents is 1. The lowest BCUT2D eigenvalue weighted by Crippen LogP contribution is -1.75. The number of benzene rings is 1. The van der Waals surface area contributed by atoms with Crippen molar-refractivity contribution in [3.63, 3.8) is 0 Å². The average Bonchev–Trinajstić information content (AvgIpc) is 2.49. The van der Waals surface area contributed by atoms with Crippen LogP contribution in [0.2, 0.25) is 0 Å². The zero-order valence-electron chi connectivity index (χ0n) is 6.87. The van der Waals surface area contributed by atoms with Crippen LogP contribution >= 0.6 is 11.3 Å². The van der Waals surface area contributed by atoms with Gasteiger partial charge in [0.25, 0.3) is 0 Å². The van der Waals surface area contributed by atoms with E-state index >= 15 is 0 Å². The molecule has 0 saturated heterocycles. The molecule has 2 aromatic rings. The van der Waals surface area contributed by atoms with Gasteiger partial charge in [-0.15, -0.1) is 11.3 Å². The highest BCUT2D eigenvalue weighted by atomic mass is 32.1. The van der Waals surface area contributed by atoms with Crippen molar-refractivity contribution in [2.24, 2.45) is 0 Å². The first-order chi connectivity index (χ1) is 5.83. The highest BCUT2D eigenvalue weighted by molar-refractivity contribution is 7.17. The normalized spacial score (nSPS) is 10.8. The molecule has 0 aliphatic rings. The van der Waals surface area contributed by atoms with Gasteiger partial charge in [0, 0.05) is 10.1 Å². The SMILES string of the molecule is CCc1csc2cccc(O)c12. The van der Waals surface area contributed by atoms with Crippen LogP contribution in [0.15, 0.2) is 23.6 Å². The number of phenols is 1. The molecule has 1 aromatic carbocycles. The van der Waals surface area contributed by atoms with E-state index < -0.39 is 0 Å². The van der Waals surface area contributed by atoms with E-state index in [1.54, 1.807) is 17.4 Å². The molecule has 0 saturated carbocycles. The molecule has 0 aliphatic heterocycles. The fourth-order valence-corrected chi connectivity index (χ4v) is 2.46. The molecule has 62 valence electrons. The molecule has 0 atom stereocenters. The highest BCUT2D eigenvalue weighted by Crippen LogP contribution is 2.32. The van der Waals surface area contributed by atoms with Gasteiger partial charge in [-0.25, -0.2) is 0 Å². The fraction of sp³-hybridized carbons (Fsp3) is 0.200. The molecule has 1 heterocycles. The number of aryl methyl sites for hydroxylation is 1. The van der Waals surface area contributed by atoms with Gasteiger partial charge < -0.3 is 5.11 Å². The van der Waals surface area contributed by atoms with Crippen LogP contribution in [0.3, 0.4) is 0 Å². The van der Waals surface area contributed by atoms with E-state index in [2.05, 4.69) is 12.3 Å². The molecule has 0 aliphatic carbocycles. The number of thiophene rings is 1. The predicted molar refractivity (Wildman–Crippen MR) is 52.9 cm³/mol. The second kappa shape index (κ2) is 2.79. The molecular formula is C10H10OS. The minimum absolute atomic E-state index is 0.408. The number of hydrogen-bond acceptors (Lipinski definition) is 2. The van der Waals surface area contributed by atoms with E-state index in [9.17, 15) is 5.11 Å². The maximum atomic E-state index is 9.58. The Morgan fingerprint density at radius 1 is 1.42 bits per heavy atom. The van der Waals surface area contributed by atoms with Gasteiger partial charge in [-0.05, 0) is 29.5 Å². The van der Waals surface area contributed by atoms with E-state index in [4.69, 9.17) is 0 Å². The second-order valence-electron chi connectivity index (χ2n) is 2.76. The summed E-state index contributed by atoms with van der Waals surface area (Å²) in [6.45, 7) is 2.11. The molecule has 0 unspecified atom stereocenters. The largest absolute Gasteiger partial charge is 0.507 e. The zero-order chi connectivity index (χ0) is 8.55. The summed E-state index contributed by atoms with van der Waals surface area (Å²) >= 11 is 1.69. The molecule has 0 radical (unpaired) electrons. The van der Waals surface area contributed by atoms with Crippen molar-refractivity contribution in [2.75, 3.05) is 0 Å². The lowest BCUT2D eigenvalue weighted by Gasteiger charge is -1.96. The molecule has 0 bridgehead atoms. The van der Waals surface area contributed by atoms with Gasteiger partial charge in [-0.2, -0.15) is 0 Å². The first-order valence-electron chi connectivity index (χ1n) is 4.01. The minimum atomic E-state index is 0.408. The number of fused-ring (bicyclic) bond motifs is 1. The van der Waals surface area contributed by atoms with Gasteiger partial charge in [0.05, 0.1) is 0 Å². The second-order valence-corrected chi connectivity index (χ2v) is 3.68. The Balaban J connectivity index is 2.83. The van der Waals surface area contributed by atoms with E-state index in [1.807, 2.05) is 12.1 Å². The average molecular weight is 178 g/mol. The van der Waals surface area contributed by atoms with Crippen LogP contribution in [0, 0.1) is 0 Å². The van der Waals surface area contributed by atoms with Crippen molar-refractivity contribution < 1.29 is 5.11 Å². The van der Waals surface area contributed by atoms with E-state index in [1.165, 1.54) is 10.3 Å². The standard InChI is InChI=1S/C10H10OS/c1-2-7-6-12-9-5-3-4-8(11)10(7)9/h3-6,11H,2H2,1H3. The third kappa shape index (κ3) is 0.994. The monoisotopic (exact) mass is 178 g/mol. The summed E-state index contributed by atoms with van der Waals surface area (Å²) in [6, 6.07) is 5.67. The minimum Gasteiger partial charge on any atom is -0.507 e. The van der Waals surface area contributed by atoms with Crippen LogP contribution in [-0.4, -0.2) is 5.11 Å². The molecule has 12 heavy (non-hydrogen) atoms. The molecule has 0 amide bonds. The third-order valence-electron chi connectivity index (χ3n) is 2.03. The third-order valence-corrected chi connectivity index (χ3v) is 3.03. The van der Waals surface area contributed by atoms with Gasteiger partial charge in [0.2, 0.25) is 0 Å². The van der Waals surface area contributed by atoms with E-state index in [0.717, 1.165) is 11.8 Å². The van der Waals surface area contributed by atoms with E-state index in [-0.39, 0.29) is 0 Å². The molecule has 0 spiro atoms.